The third kappa shape index (κ3) is 3.93. The largest absolute Gasteiger partial charge is 0.336 e. The van der Waals surface area contributed by atoms with Crippen molar-refractivity contribution < 1.29 is 22.8 Å². The van der Waals surface area contributed by atoms with Crippen LogP contribution in [0, 0.1) is 0 Å². The molecule has 2 aliphatic rings. The number of carbonyl (C=O) groups excluding carboxylic acids is 3. The lowest BCUT2D eigenvalue weighted by Gasteiger charge is -2.37. The summed E-state index contributed by atoms with van der Waals surface area (Å²) < 4.78 is 23.1. The molecule has 0 N–H and O–H groups in total. The van der Waals surface area contributed by atoms with E-state index in [9.17, 15) is 22.8 Å². The Bertz CT molecular complexity index is 1120. The van der Waals surface area contributed by atoms with Gasteiger partial charge < -0.3 is 4.90 Å². The number of fused-ring (bicyclic) bond motifs is 2. The Labute approximate surface area is 182 Å². The van der Waals surface area contributed by atoms with Crippen molar-refractivity contribution in [1.82, 2.24) is 9.80 Å². The fourth-order valence-corrected chi connectivity index (χ4v) is 5.28. The fourth-order valence-electron chi connectivity index (χ4n) is 4.32. The molecule has 0 bridgehead atoms. The van der Waals surface area contributed by atoms with Crippen molar-refractivity contribution in [3.05, 3.63) is 70.3 Å². The highest BCUT2D eigenvalue weighted by molar-refractivity contribution is 7.73. The van der Waals surface area contributed by atoms with E-state index in [1.165, 1.54) is 6.07 Å². The van der Waals surface area contributed by atoms with Crippen LogP contribution in [-0.4, -0.2) is 67.2 Å². The molecule has 0 radical (unpaired) electrons. The lowest BCUT2D eigenvalue weighted by molar-refractivity contribution is 0.0616. The summed E-state index contributed by atoms with van der Waals surface area (Å²) in [5, 5.41) is -0.496. The lowest BCUT2D eigenvalue weighted by atomic mass is 9.83. The summed E-state index contributed by atoms with van der Waals surface area (Å²) in [5.41, 5.74) is 1.65. The van der Waals surface area contributed by atoms with Crippen molar-refractivity contribution in [2.45, 2.75) is 25.1 Å². The number of rotatable bonds is 5. The molecule has 31 heavy (non-hydrogen) atoms. The minimum atomic E-state index is -2.55. The van der Waals surface area contributed by atoms with Gasteiger partial charge in [-0.2, -0.15) is 0 Å². The van der Waals surface area contributed by atoms with Crippen molar-refractivity contribution >= 4 is 28.2 Å². The van der Waals surface area contributed by atoms with Gasteiger partial charge in [0.1, 0.15) is 5.37 Å². The van der Waals surface area contributed by atoms with Gasteiger partial charge in [0, 0.05) is 54.0 Å². The summed E-state index contributed by atoms with van der Waals surface area (Å²) in [5.74, 6) is -0.696. The van der Waals surface area contributed by atoms with E-state index in [-0.39, 0.29) is 23.0 Å². The second kappa shape index (κ2) is 8.72. The molecule has 1 aliphatic heterocycles. The molecule has 7 nitrogen and oxygen atoms in total. The maximum Gasteiger partial charge on any atom is 0.253 e. The number of ketones is 2. The highest BCUT2D eigenvalue weighted by Gasteiger charge is 2.32. The number of piperazine rings is 1. The first-order chi connectivity index (χ1) is 14.9. The van der Waals surface area contributed by atoms with E-state index < -0.39 is 16.1 Å². The third-order valence-corrected chi connectivity index (χ3v) is 7.06. The lowest BCUT2D eigenvalue weighted by Crippen LogP contribution is -2.52. The summed E-state index contributed by atoms with van der Waals surface area (Å²) in [4.78, 5) is 42.3. The van der Waals surface area contributed by atoms with Crippen LogP contribution in [0.1, 0.15) is 62.0 Å². The van der Waals surface area contributed by atoms with Crippen LogP contribution in [-0.2, 0) is 10.7 Å². The van der Waals surface area contributed by atoms with E-state index in [1.54, 1.807) is 41.3 Å². The van der Waals surface area contributed by atoms with Gasteiger partial charge in [-0.25, -0.2) is 8.42 Å². The van der Waals surface area contributed by atoms with Crippen LogP contribution < -0.4 is 0 Å². The number of benzene rings is 2. The number of hydrogen-bond donors (Lipinski definition) is 1. The average Bonchev–Trinajstić information content (AvgIpc) is 2.80. The van der Waals surface area contributed by atoms with Gasteiger partial charge in [-0.3, -0.25) is 19.3 Å². The summed E-state index contributed by atoms with van der Waals surface area (Å²) in [6, 6.07) is 11.3. The molecule has 2 aromatic rings. The molecule has 0 saturated carbocycles. The molecule has 8 heteroatoms. The molecule has 1 heterocycles. The second-order valence-electron chi connectivity index (χ2n) is 7.85. The van der Waals surface area contributed by atoms with Crippen LogP contribution in [0.3, 0.4) is 0 Å². The van der Waals surface area contributed by atoms with Gasteiger partial charge >= 0.3 is 0 Å². The van der Waals surface area contributed by atoms with E-state index >= 15 is 0 Å². The number of hydrogen-bond acceptors (Lipinski definition) is 6. The Morgan fingerprint density at radius 3 is 2.06 bits per heavy atom. The van der Waals surface area contributed by atoms with E-state index in [4.69, 9.17) is 0 Å². The van der Waals surface area contributed by atoms with Gasteiger partial charge in [0.15, 0.2) is 22.3 Å². The number of carbonyl (C=O) groups is 3. The molecule has 1 aliphatic carbocycles. The van der Waals surface area contributed by atoms with Crippen molar-refractivity contribution in [2.24, 2.45) is 0 Å². The average molecular weight is 441 g/mol. The smallest absolute Gasteiger partial charge is 0.253 e. The standard InChI is InChI=1S/C23H24N2O5S/c1-2-5-20(31(29)30)24-10-12-25(13-11-24)23(28)15-8-9-18-19(14-15)22(27)17-7-4-3-6-16(17)21(18)26/h3-4,6-9,14,20,31H,2,5,10-13H2,1H3/t20-/m0/s1. The Morgan fingerprint density at radius 1 is 0.903 bits per heavy atom. The third-order valence-electron chi connectivity index (χ3n) is 5.99. The Kier molecular flexibility index (Phi) is 6.02. The van der Waals surface area contributed by atoms with E-state index in [1.807, 2.05) is 11.8 Å². The molecule has 0 aromatic heterocycles. The number of amides is 1. The molecular weight excluding hydrogens is 416 g/mol. The van der Waals surface area contributed by atoms with Gasteiger partial charge in [-0.15, -0.1) is 0 Å². The van der Waals surface area contributed by atoms with Gasteiger partial charge in [0.05, 0.1) is 0 Å². The molecule has 1 amide bonds. The minimum Gasteiger partial charge on any atom is -0.336 e. The van der Waals surface area contributed by atoms with Gasteiger partial charge in [-0.1, -0.05) is 37.6 Å². The number of nitrogens with zero attached hydrogens (tertiary/aromatic N) is 2. The molecular formula is C23H24N2O5S. The summed E-state index contributed by atoms with van der Waals surface area (Å²) in [7, 11) is -2.55. The van der Waals surface area contributed by atoms with Crippen LogP contribution in [0.4, 0.5) is 0 Å². The van der Waals surface area contributed by atoms with Gasteiger partial charge in [0.25, 0.3) is 5.91 Å². The predicted octanol–water partition coefficient (Wildman–Crippen LogP) is 1.96. The minimum absolute atomic E-state index is 0.216. The molecule has 2 aromatic carbocycles. The zero-order valence-electron chi connectivity index (χ0n) is 17.2. The monoisotopic (exact) mass is 440 g/mol. The Morgan fingerprint density at radius 2 is 1.48 bits per heavy atom. The topological polar surface area (TPSA) is 91.8 Å². The van der Waals surface area contributed by atoms with E-state index in [0.717, 1.165) is 6.42 Å². The van der Waals surface area contributed by atoms with E-state index in [0.29, 0.717) is 54.9 Å². The maximum absolute atomic E-state index is 13.0. The molecule has 1 atom stereocenters. The Hall–Kier alpha value is -2.84. The normalized spacial score (nSPS) is 17.4. The summed E-state index contributed by atoms with van der Waals surface area (Å²) in [6.45, 7) is 3.74. The van der Waals surface area contributed by atoms with Crippen molar-refractivity contribution in [3.8, 4) is 0 Å². The highest BCUT2D eigenvalue weighted by atomic mass is 32.2. The molecule has 1 saturated heterocycles. The fraction of sp³-hybridized carbons (Fsp3) is 0.348. The molecule has 4 rings (SSSR count). The quantitative estimate of drug-likeness (QED) is 0.610. The SMILES string of the molecule is CCC[C@@H](N1CCN(C(=O)c2ccc3c(c2)C(=O)c2ccccc2C3=O)CC1)[SH](=O)=O. The van der Waals surface area contributed by atoms with Crippen LogP contribution in [0.15, 0.2) is 42.5 Å². The predicted molar refractivity (Wildman–Crippen MR) is 116 cm³/mol. The maximum atomic E-state index is 13.0. The summed E-state index contributed by atoms with van der Waals surface area (Å²) >= 11 is 0. The van der Waals surface area contributed by atoms with Crippen molar-refractivity contribution in [1.29, 1.82) is 0 Å². The van der Waals surface area contributed by atoms with Crippen LogP contribution >= 0.6 is 0 Å². The van der Waals surface area contributed by atoms with Crippen LogP contribution in [0.25, 0.3) is 0 Å². The first-order valence-electron chi connectivity index (χ1n) is 10.4. The van der Waals surface area contributed by atoms with Crippen LogP contribution in [0.2, 0.25) is 0 Å². The first-order valence-corrected chi connectivity index (χ1v) is 11.7. The molecule has 0 unspecified atom stereocenters. The first kappa shape index (κ1) is 21.4. The second-order valence-corrected chi connectivity index (χ2v) is 9.01. The number of thiol groups is 1. The van der Waals surface area contributed by atoms with Gasteiger partial charge in [-0.05, 0) is 24.6 Å². The van der Waals surface area contributed by atoms with Crippen molar-refractivity contribution in [3.63, 3.8) is 0 Å². The van der Waals surface area contributed by atoms with E-state index in [2.05, 4.69) is 0 Å². The van der Waals surface area contributed by atoms with Gasteiger partial charge in [0.2, 0.25) is 0 Å². The zero-order valence-corrected chi connectivity index (χ0v) is 18.1. The highest BCUT2D eigenvalue weighted by Crippen LogP contribution is 2.28. The Balaban J connectivity index is 1.52. The molecule has 1 fully saturated rings. The zero-order chi connectivity index (χ0) is 22.1. The molecule has 162 valence electrons. The van der Waals surface area contributed by atoms with Crippen LogP contribution in [0.5, 0.6) is 0 Å². The summed E-state index contributed by atoms with van der Waals surface area (Å²) in [6.07, 6.45) is 1.35. The molecule has 0 spiro atoms. The van der Waals surface area contributed by atoms with Crippen molar-refractivity contribution in [2.75, 3.05) is 26.2 Å².